The van der Waals surface area contributed by atoms with E-state index in [2.05, 4.69) is 39.8 Å². The highest BCUT2D eigenvalue weighted by atomic mass is 35.5. The third kappa shape index (κ3) is 5.45. The van der Waals surface area contributed by atoms with Crippen molar-refractivity contribution in [2.45, 2.75) is 57.4 Å². The molecule has 148 valence electrons. The van der Waals surface area contributed by atoms with Gasteiger partial charge >= 0.3 is 0 Å². The Morgan fingerprint density at radius 1 is 0.963 bits per heavy atom. The Hall–Kier alpha value is -1.59. The van der Waals surface area contributed by atoms with Gasteiger partial charge in [-0.25, -0.2) is 4.98 Å². The number of hydrogen-bond donors (Lipinski definition) is 2. The van der Waals surface area contributed by atoms with E-state index in [1.54, 1.807) is 0 Å². The SMILES string of the molecule is Cl.c1ccc2c(NC3CCCCC3)nc(NCCCN3CCCC3)nc2c1. The highest BCUT2D eigenvalue weighted by Crippen LogP contribution is 2.26. The third-order valence-corrected chi connectivity index (χ3v) is 5.68. The molecule has 1 saturated heterocycles. The average molecular weight is 390 g/mol. The van der Waals surface area contributed by atoms with E-state index < -0.39 is 0 Å². The number of hydrogen-bond acceptors (Lipinski definition) is 5. The van der Waals surface area contributed by atoms with Crippen molar-refractivity contribution in [1.82, 2.24) is 14.9 Å². The second kappa shape index (κ2) is 10.1. The molecule has 1 aromatic carbocycles. The first kappa shape index (κ1) is 20.2. The minimum atomic E-state index is 0. The van der Waals surface area contributed by atoms with E-state index in [0.717, 1.165) is 35.6 Å². The number of likely N-dealkylation sites (tertiary alicyclic amines) is 1. The molecule has 6 heteroatoms. The summed E-state index contributed by atoms with van der Waals surface area (Å²) in [7, 11) is 0. The fourth-order valence-electron chi connectivity index (χ4n) is 4.22. The normalized spacial score (nSPS) is 18.4. The zero-order chi connectivity index (χ0) is 17.6. The van der Waals surface area contributed by atoms with Crippen LogP contribution in [0.25, 0.3) is 10.9 Å². The van der Waals surface area contributed by atoms with Gasteiger partial charge in [-0.15, -0.1) is 12.4 Å². The van der Waals surface area contributed by atoms with Gasteiger partial charge in [0.1, 0.15) is 5.82 Å². The Kier molecular flexibility index (Phi) is 7.53. The Labute approximate surface area is 168 Å². The van der Waals surface area contributed by atoms with Crippen LogP contribution in [0, 0.1) is 0 Å². The second-order valence-electron chi connectivity index (χ2n) is 7.72. The van der Waals surface area contributed by atoms with Gasteiger partial charge in [0.25, 0.3) is 0 Å². The maximum absolute atomic E-state index is 4.82. The minimum absolute atomic E-state index is 0. The van der Waals surface area contributed by atoms with Crippen molar-refractivity contribution in [1.29, 1.82) is 0 Å². The first-order chi connectivity index (χ1) is 12.9. The number of halogens is 1. The number of nitrogens with zero attached hydrogens (tertiary/aromatic N) is 3. The van der Waals surface area contributed by atoms with Gasteiger partial charge in [0, 0.05) is 18.0 Å². The highest BCUT2D eigenvalue weighted by Gasteiger charge is 2.16. The molecule has 2 fully saturated rings. The molecule has 1 aromatic heterocycles. The van der Waals surface area contributed by atoms with E-state index >= 15 is 0 Å². The molecule has 0 bridgehead atoms. The topological polar surface area (TPSA) is 53.1 Å². The van der Waals surface area contributed by atoms with E-state index in [1.165, 1.54) is 64.6 Å². The van der Waals surface area contributed by atoms with E-state index in [9.17, 15) is 0 Å². The third-order valence-electron chi connectivity index (χ3n) is 5.68. The number of fused-ring (bicyclic) bond motifs is 1. The fourth-order valence-corrected chi connectivity index (χ4v) is 4.22. The zero-order valence-corrected chi connectivity index (χ0v) is 16.9. The average Bonchev–Trinajstić information content (AvgIpc) is 3.20. The summed E-state index contributed by atoms with van der Waals surface area (Å²) in [5, 5.41) is 8.28. The number of benzene rings is 1. The van der Waals surface area contributed by atoms with E-state index in [1.807, 2.05) is 0 Å². The van der Waals surface area contributed by atoms with E-state index in [0.29, 0.717) is 6.04 Å². The number of rotatable bonds is 7. The van der Waals surface area contributed by atoms with Gasteiger partial charge in [0.15, 0.2) is 0 Å². The van der Waals surface area contributed by atoms with Crippen molar-refractivity contribution < 1.29 is 0 Å². The number of nitrogens with one attached hydrogen (secondary N) is 2. The Bertz CT molecular complexity index is 711. The van der Waals surface area contributed by atoms with Crippen LogP contribution in [-0.2, 0) is 0 Å². The molecular weight excluding hydrogens is 358 g/mol. The van der Waals surface area contributed by atoms with E-state index in [4.69, 9.17) is 9.97 Å². The lowest BCUT2D eigenvalue weighted by atomic mass is 9.95. The molecule has 1 saturated carbocycles. The molecule has 2 heterocycles. The second-order valence-corrected chi connectivity index (χ2v) is 7.72. The van der Waals surface area contributed by atoms with Crippen LogP contribution in [0.3, 0.4) is 0 Å². The Morgan fingerprint density at radius 3 is 2.56 bits per heavy atom. The van der Waals surface area contributed by atoms with Gasteiger partial charge in [-0.1, -0.05) is 31.4 Å². The maximum Gasteiger partial charge on any atom is 0.225 e. The quantitative estimate of drug-likeness (QED) is 0.672. The molecular formula is C21H32ClN5. The lowest BCUT2D eigenvalue weighted by molar-refractivity contribution is 0.337. The molecule has 2 aliphatic rings. The molecule has 0 amide bonds. The van der Waals surface area contributed by atoms with Gasteiger partial charge in [-0.2, -0.15) is 4.98 Å². The summed E-state index contributed by atoms with van der Waals surface area (Å²) in [5.74, 6) is 1.74. The van der Waals surface area contributed by atoms with Crippen LogP contribution in [0.5, 0.6) is 0 Å². The Balaban J connectivity index is 0.00000210. The molecule has 0 unspecified atom stereocenters. The van der Waals surface area contributed by atoms with Gasteiger partial charge in [0.2, 0.25) is 5.95 Å². The van der Waals surface area contributed by atoms with Crippen LogP contribution in [-0.4, -0.2) is 47.1 Å². The summed E-state index contributed by atoms with van der Waals surface area (Å²) in [6.45, 7) is 4.63. The molecule has 27 heavy (non-hydrogen) atoms. The summed E-state index contributed by atoms with van der Waals surface area (Å²) in [5.41, 5.74) is 1.02. The highest BCUT2D eigenvalue weighted by molar-refractivity contribution is 5.90. The lowest BCUT2D eigenvalue weighted by Gasteiger charge is -2.24. The number of aromatic nitrogens is 2. The van der Waals surface area contributed by atoms with E-state index in [-0.39, 0.29) is 12.4 Å². The molecule has 0 radical (unpaired) electrons. The van der Waals surface area contributed by atoms with Crippen molar-refractivity contribution in [3.05, 3.63) is 24.3 Å². The molecule has 0 spiro atoms. The summed E-state index contributed by atoms with van der Waals surface area (Å²) in [6, 6.07) is 8.87. The molecule has 1 aliphatic carbocycles. The smallest absolute Gasteiger partial charge is 0.225 e. The van der Waals surface area contributed by atoms with Crippen molar-refractivity contribution in [3.8, 4) is 0 Å². The van der Waals surface area contributed by atoms with Gasteiger partial charge in [0.05, 0.1) is 5.52 Å². The monoisotopic (exact) mass is 389 g/mol. The molecule has 2 N–H and O–H groups in total. The van der Waals surface area contributed by atoms with Crippen LogP contribution in [0.4, 0.5) is 11.8 Å². The number of anilines is 2. The number of para-hydroxylation sites is 1. The summed E-state index contributed by atoms with van der Waals surface area (Å²) in [6.07, 6.45) is 10.4. The van der Waals surface area contributed by atoms with Crippen molar-refractivity contribution in [2.24, 2.45) is 0 Å². The standard InChI is InChI=1S/C21H31N5.ClH/c1-2-9-17(10-3-1)23-20-18-11-4-5-12-19(18)24-21(25-20)22-13-8-16-26-14-6-7-15-26;/h4-5,11-12,17H,1-3,6-10,13-16H2,(H2,22,23,24,25);1H. The first-order valence-corrected chi connectivity index (χ1v) is 10.4. The molecule has 5 nitrogen and oxygen atoms in total. The zero-order valence-electron chi connectivity index (χ0n) is 16.1. The maximum atomic E-state index is 4.82. The van der Waals surface area contributed by atoms with Crippen LogP contribution in [0.1, 0.15) is 51.4 Å². The molecule has 0 atom stereocenters. The van der Waals surface area contributed by atoms with Crippen LogP contribution >= 0.6 is 12.4 Å². The molecule has 4 rings (SSSR count). The molecule has 1 aliphatic heterocycles. The predicted molar refractivity (Wildman–Crippen MR) is 116 cm³/mol. The van der Waals surface area contributed by atoms with Gasteiger partial charge in [-0.3, -0.25) is 0 Å². The van der Waals surface area contributed by atoms with Crippen LogP contribution in [0.15, 0.2) is 24.3 Å². The first-order valence-electron chi connectivity index (χ1n) is 10.4. The Morgan fingerprint density at radius 2 is 1.74 bits per heavy atom. The molecule has 2 aromatic rings. The van der Waals surface area contributed by atoms with Gasteiger partial charge in [-0.05, 0) is 63.9 Å². The summed E-state index contributed by atoms with van der Waals surface area (Å²) in [4.78, 5) is 12.1. The minimum Gasteiger partial charge on any atom is -0.367 e. The lowest BCUT2D eigenvalue weighted by Crippen LogP contribution is -2.24. The van der Waals surface area contributed by atoms with Crippen molar-refractivity contribution in [3.63, 3.8) is 0 Å². The fraction of sp³-hybridized carbons (Fsp3) is 0.619. The summed E-state index contributed by atoms with van der Waals surface area (Å²) < 4.78 is 0. The van der Waals surface area contributed by atoms with Crippen LogP contribution in [0.2, 0.25) is 0 Å². The summed E-state index contributed by atoms with van der Waals surface area (Å²) >= 11 is 0. The van der Waals surface area contributed by atoms with Gasteiger partial charge < -0.3 is 15.5 Å². The van der Waals surface area contributed by atoms with Crippen LogP contribution < -0.4 is 10.6 Å². The predicted octanol–water partition coefficient (Wildman–Crippen LogP) is 4.69. The van der Waals surface area contributed by atoms with Crippen molar-refractivity contribution >= 4 is 35.1 Å². The largest absolute Gasteiger partial charge is 0.367 e. The van der Waals surface area contributed by atoms with Crippen molar-refractivity contribution in [2.75, 3.05) is 36.8 Å².